The Morgan fingerprint density at radius 1 is 1.35 bits per heavy atom. The molecule has 0 radical (unpaired) electrons. The van der Waals surface area contributed by atoms with E-state index >= 15 is 0 Å². The summed E-state index contributed by atoms with van der Waals surface area (Å²) < 4.78 is 28.8. The molecule has 1 fully saturated rings. The van der Waals surface area contributed by atoms with E-state index in [1.807, 2.05) is 12.1 Å². The predicted octanol–water partition coefficient (Wildman–Crippen LogP) is 2.31. The molecule has 2 rings (SSSR count). The van der Waals surface area contributed by atoms with E-state index < -0.39 is 10.2 Å². The van der Waals surface area contributed by atoms with E-state index in [1.54, 1.807) is 25.5 Å². The van der Waals surface area contributed by atoms with Gasteiger partial charge in [0.1, 0.15) is 0 Å². The summed E-state index contributed by atoms with van der Waals surface area (Å²) in [5, 5.41) is 8.84. The molecule has 0 unspecified atom stereocenters. The Balaban J connectivity index is 2.16. The fraction of sp³-hybridized carbons (Fsp3) is 0.625. The van der Waals surface area contributed by atoms with E-state index in [0.717, 1.165) is 31.2 Å². The largest absolute Gasteiger partial charge is 0.282 e. The Hall–Kier alpha value is -1.49. The molecule has 0 bridgehead atoms. The summed E-state index contributed by atoms with van der Waals surface area (Å²) in [4.78, 5) is 4.03. The predicted molar refractivity (Wildman–Crippen MR) is 88.4 cm³/mol. The minimum Gasteiger partial charge on any atom is -0.264 e. The third-order valence-electron chi connectivity index (χ3n) is 4.33. The maximum Gasteiger partial charge on any atom is 0.282 e. The smallest absolute Gasteiger partial charge is 0.264 e. The summed E-state index contributed by atoms with van der Waals surface area (Å²) in [6.07, 6.45) is 8.65. The number of aromatic nitrogens is 1. The lowest BCUT2D eigenvalue weighted by Crippen LogP contribution is -2.47. The molecule has 0 N–H and O–H groups in total. The van der Waals surface area contributed by atoms with Crippen LogP contribution >= 0.6 is 0 Å². The molecule has 1 aliphatic rings. The first kappa shape index (κ1) is 17.9. The first-order valence-corrected chi connectivity index (χ1v) is 9.44. The van der Waals surface area contributed by atoms with Crippen molar-refractivity contribution in [2.24, 2.45) is 0 Å². The lowest BCUT2D eigenvalue weighted by atomic mass is 9.96. The quantitative estimate of drug-likeness (QED) is 0.765. The van der Waals surface area contributed by atoms with Crippen LogP contribution in [0, 0.1) is 11.3 Å². The van der Waals surface area contributed by atoms with Gasteiger partial charge in [-0.05, 0) is 24.5 Å². The number of hydrogen-bond donors (Lipinski definition) is 0. The molecule has 0 atom stereocenters. The van der Waals surface area contributed by atoms with Crippen LogP contribution in [0.2, 0.25) is 0 Å². The van der Waals surface area contributed by atoms with Crippen molar-refractivity contribution in [2.75, 3.05) is 13.6 Å². The molecule has 1 aromatic heterocycles. The van der Waals surface area contributed by atoms with Gasteiger partial charge in [-0.25, -0.2) is 0 Å². The lowest BCUT2D eigenvalue weighted by molar-refractivity contribution is 0.261. The van der Waals surface area contributed by atoms with Crippen molar-refractivity contribution in [1.29, 1.82) is 5.26 Å². The molecule has 0 aromatic carbocycles. The Morgan fingerprint density at radius 3 is 2.70 bits per heavy atom. The summed E-state index contributed by atoms with van der Waals surface area (Å²) in [7, 11) is -1.92. The molecule has 1 heterocycles. The average Bonchev–Trinajstić information content (AvgIpc) is 2.59. The van der Waals surface area contributed by atoms with E-state index in [2.05, 4.69) is 4.98 Å². The van der Waals surface area contributed by atoms with Crippen molar-refractivity contribution in [3.05, 3.63) is 30.1 Å². The Labute approximate surface area is 138 Å². The van der Waals surface area contributed by atoms with E-state index in [4.69, 9.17) is 5.26 Å². The highest BCUT2D eigenvalue weighted by Crippen LogP contribution is 2.25. The highest BCUT2D eigenvalue weighted by Gasteiger charge is 2.32. The van der Waals surface area contributed by atoms with E-state index in [-0.39, 0.29) is 25.6 Å². The van der Waals surface area contributed by atoms with Gasteiger partial charge in [-0.1, -0.05) is 25.3 Å². The lowest BCUT2D eigenvalue weighted by Gasteiger charge is -2.34. The molecule has 0 spiro atoms. The zero-order valence-electron chi connectivity index (χ0n) is 13.6. The molecule has 126 valence electrons. The summed E-state index contributed by atoms with van der Waals surface area (Å²) in [6.45, 7) is 0.444. The van der Waals surface area contributed by atoms with Crippen LogP contribution in [0.5, 0.6) is 0 Å². The number of hydrogen-bond acceptors (Lipinski definition) is 4. The van der Waals surface area contributed by atoms with Crippen molar-refractivity contribution in [3.63, 3.8) is 0 Å². The summed E-state index contributed by atoms with van der Waals surface area (Å²) >= 11 is 0. The minimum absolute atomic E-state index is 0.0623. The van der Waals surface area contributed by atoms with Gasteiger partial charge in [0.2, 0.25) is 0 Å². The zero-order valence-corrected chi connectivity index (χ0v) is 14.4. The maximum atomic E-state index is 13.0. The summed E-state index contributed by atoms with van der Waals surface area (Å²) in [5.41, 5.74) is 0.825. The molecule has 0 saturated heterocycles. The SMILES string of the molecule is CN(C1CCCCC1)S(=O)(=O)N(CCC#N)Cc1cccnc1. The fourth-order valence-electron chi connectivity index (χ4n) is 2.96. The number of pyridine rings is 1. The van der Waals surface area contributed by atoms with E-state index in [0.29, 0.717) is 0 Å². The molecular weight excluding hydrogens is 312 g/mol. The van der Waals surface area contributed by atoms with Crippen LogP contribution in [0.15, 0.2) is 24.5 Å². The number of nitriles is 1. The van der Waals surface area contributed by atoms with Crippen LogP contribution < -0.4 is 0 Å². The van der Waals surface area contributed by atoms with Crippen LogP contribution in [0.3, 0.4) is 0 Å². The highest BCUT2D eigenvalue weighted by atomic mass is 32.2. The van der Waals surface area contributed by atoms with E-state index in [1.165, 1.54) is 15.0 Å². The molecule has 7 heteroatoms. The second kappa shape index (κ2) is 8.39. The van der Waals surface area contributed by atoms with E-state index in [9.17, 15) is 8.42 Å². The van der Waals surface area contributed by atoms with Crippen LogP contribution in [-0.4, -0.2) is 41.6 Å². The molecule has 1 aromatic rings. The van der Waals surface area contributed by atoms with Crippen LogP contribution in [0.25, 0.3) is 0 Å². The van der Waals surface area contributed by atoms with Gasteiger partial charge in [0.25, 0.3) is 10.2 Å². The third-order valence-corrected chi connectivity index (χ3v) is 6.32. The first-order chi connectivity index (χ1) is 11.1. The zero-order chi connectivity index (χ0) is 16.7. The van der Waals surface area contributed by atoms with Crippen molar-refractivity contribution < 1.29 is 8.42 Å². The Bertz CT molecular complexity index is 621. The molecule has 0 aliphatic heterocycles. The average molecular weight is 336 g/mol. The number of nitrogens with zero attached hydrogens (tertiary/aromatic N) is 4. The van der Waals surface area contributed by atoms with Crippen LogP contribution in [0.4, 0.5) is 0 Å². The van der Waals surface area contributed by atoms with Gasteiger partial charge in [-0.3, -0.25) is 4.98 Å². The van der Waals surface area contributed by atoms with Gasteiger partial charge in [0.05, 0.1) is 6.07 Å². The van der Waals surface area contributed by atoms with Crippen molar-refractivity contribution in [1.82, 2.24) is 13.6 Å². The standard InChI is InChI=1S/C16H24N4O2S/c1-19(16-8-3-2-4-9-16)23(21,22)20(12-6-10-17)14-15-7-5-11-18-13-15/h5,7,11,13,16H,2-4,6,8-9,12,14H2,1H3. The van der Waals surface area contributed by atoms with Crippen LogP contribution in [0.1, 0.15) is 44.1 Å². The maximum absolute atomic E-state index is 13.0. The van der Waals surface area contributed by atoms with Crippen molar-refractivity contribution in [2.45, 2.75) is 51.1 Å². The monoisotopic (exact) mass is 336 g/mol. The van der Waals surface area contributed by atoms with Gasteiger partial charge in [0.15, 0.2) is 0 Å². The fourth-order valence-corrected chi connectivity index (χ4v) is 4.55. The summed E-state index contributed by atoms with van der Waals surface area (Å²) in [6, 6.07) is 5.73. The Morgan fingerprint density at radius 2 is 2.09 bits per heavy atom. The van der Waals surface area contributed by atoms with Crippen molar-refractivity contribution >= 4 is 10.2 Å². The van der Waals surface area contributed by atoms with Gasteiger partial charge in [-0.2, -0.15) is 22.3 Å². The third kappa shape index (κ3) is 4.74. The summed E-state index contributed by atoms with van der Waals surface area (Å²) in [5.74, 6) is 0. The molecule has 6 nitrogen and oxygen atoms in total. The first-order valence-electron chi connectivity index (χ1n) is 8.04. The molecule has 0 amide bonds. The number of rotatable bonds is 7. The van der Waals surface area contributed by atoms with Gasteiger partial charge < -0.3 is 0 Å². The normalized spacial score (nSPS) is 16.6. The van der Waals surface area contributed by atoms with Gasteiger partial charge in [-0.15, -0.1) is 0 Å². The van der Waals surface area contributed by atoms with Gasteiger partial charge >= 0.3 is 0 Å². The second-order valence-electron chi connectivity index (χ2n) is 5.92. The Kier molecular flexibility index (Phi) is 6.51. The van der Waals surface area contributed by atoms with Crippen LogP contribution in [-0.2, 0) is 16.8 Å². The minimum atomic E-state index is -3.58. The second-order valence-corrected chi connectivity index (χ2v) is 7.91. The molecule has 1 aliphatic carbocycles. The molecule has 23 heavy (non-hydrogen) atoms. The topological polar surface area (TPSA) is 77.3 Å². The van der Waals surface area contributed by atoms with Crippen molar-refractivity contribution in [3.8, 4) is 6.07 Å². The molecule has 1 saturated carbocycles. The highest BCUT2D eigenvalue weighted by molar-refractivity contribution is 7.86. The van der Waals surface area contributed by atoms with Gasteiger partial charge in [0, 0.05) is 45.0 Å². The molecular formula is C16H24N4O2S.